The van der Waals surface area contributed by atoms with E-state index in [1.54, 1.807) is 6.92 Å². The lowest BCUT2D eigenvalue weighted by Crippen LogP contribution is -2.59. The second-order valence-corrected chi connectivity index (χ2v) is 9.52. The van der Waals surface area contributed by atoms with Gasteiger partial charge in [0, 0.05) is 5.75 Å². The summed E-state index contributed by atoms with van der Waals surface area (Å²) in [7, 11) is 0. The molecule has 3 amide bonds. The molecule has 0 radical (unpaired) electrons. The molecule has 0 aliphatic rings. The number of aliphatic carboxylic acids is 1. The third-order valence-corrected chi connectivity index (χ3v) is 6.48. The molecule has 0 bridgehead atoms. The Labute approximate surface area is 198 Å². The Morgan fingerprint density at radius 1 is 0.935 bits per heavy atom. The summed E-state index contributed by atoms with van der Waals surface area (Å²) in [6, 6.07) is -3.68. The molecular formula is C19H36N4O5S3. The lowest BCUT2D eigenvalue weighted by molar-refractivity contribution is -0.142. The van der Waals surface area contributed by atoms with Crippen LogP contribution in [0.5, 0.6) is 0 Å². The van der Waals surface area contributed by atoms with Crippen molar-refractivity contribution in [2.45, 2.75) is 57.3 Å². The van der Waals surface area contributed by atoms with Gasteiger partial charge in [0.05, 0.1) is 6.04 Å². The van der Waals surface area contributed by atoms with Gasteiger partial charge in [-0.2, -0.15) is 36.2 Å². The second-order valence-electron chi connectivity index (χ2n) is 7.18. The summed E-state index contributed by atoms with van der Waals surface area (Å²) >= 11 is 7.00. The largest absolute Gasteiger partial charge is 0.480 e. The highest BCUT2D eigenvalue weighted by molar-refractivity contribution is 7.98. The molecule has 5 atom stereocenters. The number of thiol groups is 1. The van der Waals surface area contributed by atoms with Gasteiger partial charge in [0.15, 0.2) is 0 Å². The zero-order valence-electron chi connectivity index (χ0n) is 18.6. The number of hydrogen-bond acceptors (Lipinski definition) is 8. The first kappa shape index (κ1) is 29.9. The van der Waals surface area contributed by atoms with Crippen LogP contribution in [0.25, 0.3) is 0 Å². The molecule has 0 aromatic rings. The number of rotatable bonds is 16. The first-order chi connectivity index (χ1) is 14.6. The molecule has 31 heavy (non-hydrogen) atoms. The van der Waals surface area contributed by atoms with Crippen molar-refractivity contribution >= 4 is 59.8 Å². The predicted molar refractivity (Wildman–Crippen MR) is 131 cm³/mol. The summed E-state index contributed by atoms with van der Waals surface area (Å²) < 4.78 is 0. The van der Waals surface area contributed by atoms with Crippen LogP contribution in [0.3, 0.4) is 0 Å². The van der Waals surface area contributed by atoms with Crippen LogP contribution in [0, 0.1) is 5.92 Å². The predicted octanol–water partition coefficient (Wildman–Crippen LogP) is 0.335. The third-order valence-electron chi connectivity index (χ3n) is 4.80. The molecule has 0 rings (SSSR count). The molecule has 6 N–H and O–H groups in total. The van der Waals surface area contributed by atoms with Crippen molar-refractivity contribution < 1.29 is 24.3 Å². The molecule has 0 aromatic heterocycles. The monoisotopic (exact) mass is 496 g/mol. The van der Waals surface area contributed by atoms with Crippen LogP contribution in [0.4, 0.5) is 0 Å². The van der Waals surface area contributed by atoms with Crippen LogP contribution in [0.15, 0.2) is 0 Å². The molecule has 0 spiro atoms. The Bertz CT molecular complexity index is 597. The van der Waals surface area contributed by atoms with E-state index in [-0.39, 0.29) is 18.1 Å². The van der Waals surface area contributed by atoms with E-state index in [0.717, 1.165) is 0 Å². The van der Waals surface area contributed by atoms with E-state index in [9.17, 15) is 24.3 Å². The van der Waals surface area contributed by atoms with Gasteiger partial charge in [-0.05, 0) is 42.8 Å². The van der Waals surface area contributed by atoms with Crippen LogP contribution < -0.4 is 21.7 Å². The van der Waals surface area contributed by atoms with Gasteiger partial charge in [0.25, 0.3) is 0 Å². The van der Waals surface area contributed by atoms with E-state index in [4.69, 9.17) is 5.73 Å². The van der Waals surface area contributed by atoms with Crippen molar-refractivity contribution in [2.75, 3.05) is 29.8 Å². The Balaban J connectivity index is 5.42. The number of nitrogens with one attached hydrogen (secondary N) is 3. The first-order valence-corrected chi connectivity index (χ1v) is 13.5. The standard InChI is InChI=1S/C19H36N4O5S3/c1-5-11(2)15(18(26)22-14(19(27)28)7-9-31-4)23-17(25)13(6-8-30-3)21-16(24)12(20)10-29/h11-15,29H,5-10,20H2,1-4H3,(H,21,24)(H,22,26)(H,23,25)(H,27,28). The van der Waals surface area contributed by atoms with Gasteiger partial charge >= 0.3 is 5.97 Å². The Hall–Kier alpha value is -1.11. The molecule has 0 saturated heterocycles. The Kier molecular flexibility index (Phi) is 15.9. The highest BCUT2D eigenvalue weighted by Crippen LogP contribution is 2.11. The van der Waals surface area contributed by atoms with E-state index < -0.39 is 47.9 Å². The van der Waals surface area contributed by atoms with Gasteiger partial charge in [-0.15, -0.1) is 0 Å². The maximum Gasteiger partial charge on any atom is 0.326 e. The van der Waals surface area contributed by atoms with Gasteiger partial charge < -0.3 is 26.8 Å². The van der Waals surface area contributed by atoms with Crippen LogP contribution in [-0.4, -0.2) is 82.7 Å². The molecule has 0 heterocycles. The summed E-state index contributed by atoms with van der Waals surface area (Å²) in [5, 5.41) is 17.3. The molecule has 0 saturated carbocycles. The van der Waals surface area contributed by atoms with E-state index in [2.05, 4.69) is 28.6 Å². The second kappa shape index (κ2) is 16.5. The molecule has 180 valence electrons. The average molecular weight is 497 g/mol. The number of carboxylic acid groups (broad SMARTS) is 1. The lowest BCUT2D eigenvalue weighted by Gasteiger charge is -2.28. The van der Waals surface area contributed by atoms with Crippen LogP contribution in [0.2, 0.25) is 0 Å². The molecule has 12 heteroatoms. The van der Waals surface area contributed by atoms with Crippen molar-refractivity contribution in [1.82, 2.24) is 16.0 Å². The zero-order valence-corrected chi connectivity index (χ0v) is 21.1. The van der Waals surface area contributed by atoms with Crippen molar-refractivity contribution in [1.29, 1.82) is 0 Å². The minimum Gasteiger partial charge on any atom is -0.480 e. The Morgan fingerprint density at radius 2 is 1.45 bits per heavy atom. The average Bonchev–Trinajstić information content (AvgIpc) is 2.75. The van der Waals surface area contributed by atoms with Gasteiger partial charge in [-0.25, -0.2) is 4.79 Å². The molecule has 0 aromatic carbocycles. The number of hydrogen-bond donors (Lipinski definition) is 6. The van der Waals surface area contributed by atoms with Crippen LogP contribution >= 0.6 is 36.2 Å². The minimum absolute atomic E-state index is 0.132. The minimum atomic E-state index is -1.12. The number of carbonyl (C=O) groups excluding carboxylic acids is 3. The third kappa shape index (κ3) is 11.4. The fraction of sp³-hybridized carbons (Fsp3) is 0.789. The summed E-state index contributed by atoms with van der Waals surface area (Å²) in [6.45, 7) is 3.67. The van der Waals surface area contributed by atoms with Crippen molar-refractivity contribution in [3.8, 4) is 0 Å². The number of thioether (sulfide) groups is 2. The zero-order chi connectivity index (χ0) is 24.0. The van der Waals surface area contributed by atoms with Gasteiger partial charge in [-0.1, -0.05) is 20.3 Å². The lowest BCUT2D eigenvalue weighted by atomic mass is 9.97. The fourth-order valence-corrected chi connectivity index (χ4v) is 3.69. The van der Waals surface area contributed by atoms with Gasteiger partial charge in [-0.3, -0.25) is 14.4 Å². The maximum atomic E-state index is 12.9. The van der Waals surface area contributed by atoms with E-state index in [1.165, 1.54) is 23.5 Å². The number of carboxylic acids is 1. The molecule has 9 nitrogen and oxygen atoms in total. The van der Waals surface area contributed by atoms with Crippen molar-refractivity contribution in [2.24, 2.45) is 11.7 Å². The van der Waals surface area contributed by atoms with E-state index in [1.807, 2.05) is 19.4 Å². The topological polar surface area (TPSA) is 151 Å². The molecule has 5 unspecified atom stereocenters. The summed E-state index contributed by atoms with van der Waals surface area (Å²) in [5.74, 6) is -1.60. The number of nitrogens with two attached hydrogens (primary N) is 1. The van der Waals surface area contributed by atoms with Gasteiger partial charge in [0.1, 0.15) is 18.1 Å². The summed E-state index contributed by atoms with van der Waals surface area (Å²) in [6.07, 6.45) is 4.96. The van der Waals surface area contributed by atoms with E-state index in [0.29, 0.717) is 24.3 Å². The fourth-order valence-electron chi connectivity index (χ4n) is 2.58. The number of amides is 3. The normalized spacial score (nSPS) is 15.8. The molecular weight excluding hydrogens is 460 g/mol. The SMILES string of the molecule is CCC(C)C(NC(=O)C(CCSC)NC(=O)C(N)CS)C(=O)NC(CCSC)C(=O)O. The maximum absolute atomic E-state index is 12.9. The van der Waals surface area contributed by atoms with E-state index >= 15 is 0 Å². The first-order valence-electron chi connectivity index (χ1n) is 10.1. The molecule has 0 aliphatic carbocycles. The van der Waals surface area contributed by atoms with Crippen molar-refractivity contribution in [3.05, 3.63) is 0 Å². The highest BCUT2D eigenvalue weighted by atomic mass is 32.2. The molecule has 0 aliphatic heterocycles. The summed E-state index contributed by atoms with van der Waals surface area (Å²) in [4.78, 5) is 49.4. The Morgan fingerprint density at radius 3 is 1.90 bits per heavy atom. The number of carbonyl (C=O) groups is 4. The summed E-state index contributed by atoms with van der Waals surface area (Å²) in [5.41, 5.74) is 5.69. The van der Waals surface area contributed by atoms with Gasteiger partial charge in [0.2, 0.25) is 17.7 Å². The van der Waals surface area contributed by atoms with Crippen molar-refractivity contribution in [3.63, 3.8) is 0 Å². The van der Waals surface area contributed by atoms with Crippen LogP contribution in [-0.2, 0) is 19.2 Å². The smallest absolute Gasteiger partial charge is 0.326 e. The molecule has 0 fully saturated rings. The van der Waals surface area contributed by atoms with Crippen LogP contribution in [0.1, 0.15) is 33.1 Å². The quantitative estimate of drug-likeness (QED) is 0.167. The highest BCUT2D eigenvalue weighted by Gasteiger charge is 2.32.